The van der Waals surface area contributed by atoms with E-state index in [-0.39, 0.29) is 15.9 Å². The predicted octanol–water partition coefficient (Wildman–Crippen LogP) is 2.32. The van der Waals surface area contributed by atoms with Gasteiger partial charge in [-0.1, -0.05) is 29.3 Å². The molecule has 1 atom stereocenters. The van der Waals surface area contributed by atoms with E-state index in [4.69, 9.17) is 33.7 Å². The lowest BCUT2D eigenvalue weighted by molar-refractivity contribution is -0.123. The summed E-state index contributed by atoms with van der Waals surface area (Å²) in [6.07, 6.45) is -1.07. The third-order valence-corrected chi connectivity index (χ3v) is 2.87. The van der Waals surface area contributed by atoms with Crippen LogP contribution in [0.15, 0.2) is 29.8 Å². The van der Waals surface area contributed by atoms with Crippen molar-refractivity contribution in [2.75, 3.05) is 0 Å². The molecule has 4 nitrogen and oxygen atoms in total. The smallest absolute Gasteiger partial charge is 0.247 e. The van der Waals surface area contributed by atoms with Crippen LogP contribution in [0.25, 0.3) is 0 Å². The molecule has 0 amide bonds. The van der Waals surface area contributed by atoms with Crippen LogP contribution >= 0.6 is 23.2 Å². The van der Waals surface area contributed by atoms with E-state index in [1.54, 1.807) is 18.2 Å². The van der Waals surface area contributed by atoms with Crippen LogP contribution in [0.3, 0.4) is 0 Å². The van der Waals surface area contributed by atoms with Gasteiger partial charge in [-0.3, -0.25) is 4.79 Å². The zero-order chi connectivity index (χ0) is 11.9. The first-order chi connectivity index (χ1) is 7.52. The molecule has 0 fully saturated rings. The first-order valence-corrected chi connectivity index (χ1v) is 5.11. The van der Waals surface area contributed by atoms with Crippen LogP contribution in [-0.2, 0) is 9.53 Å². The van der Waals surface area contributed by atoms with Crippen LogP contribution in [0.1, 0.15) is 11.7 Å². The second kappa shape index (κ2) is 3.88. The Morgan fingerprint density at radius 2 is 1.88 bits per heavy atom. The van der Waals surface area contributed by atoms with Crippen LogP contribution in [0.4, 0.5) is 0 Å². The van der Waals surface area contributed by atoms with Crippen LogP contribution in [0, 0.1) is 0 Å². The normalized spacial score (nSPS) is 20.1. The highest BCUT2D eigenvalue weighted by molar-refractivity contribution is 6.36. The number of Topliss-reactive ketones (excluding diaryl/α,β-unsaturated/α-hetero) is 1. The minimum absolute atomic E-state index is 0.286. The molecule has 0 bridgehead atoms. The van der Waals surface area contributed by atoms with Gasteiger partial charge in [0.25, 0.3) is 0 Å². The molecular weight excluding hydrogens is 253 g/mol. The Bertz CT molecular complexity index is 479. The van der Waals surface area contributed by atoms with E-state index in [1.807, 2.05) is 0 Å². The second-order valence-corrected chi connectivity index (χ2v) is 4.02. The molecule has 0 spiro atoms. The highest BCUT2D eigenvalue weighted by Gasteiger charge is 2.37. The fourth-order valence-corrected chi connectivity index (χ4v) is 2.03. The third kappa shape index (κ3) is 1.60. The summed E-state index contributed by atoms with van der Waals surface area (Å²) in [4.78, 5) is 11.6. The van der Waals surface area contributed by atoms with Crippen LogP contribution in [0.2, 0.25) is 10.0 Å². The van der Waals surface area contributed by atoms with Gasteiger partial charge in [0.05, 0.1) is 0 Å². The van der Waals surface area contributed by atoms with Gasteiger partial charge in [-0.05, 0) is 12.1 Å². The molecule has 1 unspecified atom stereocenters. The number of aliphatic hydroxyl groups is 1. The number of benzene rings is 1. The van der Waals surface area contributed by atoms with Gasteiger partial charge >= 0.3 is 0 Å². The minimum atomic E-state index is -1.07. The van der Waals surface area contributed by atoms with Crippen LogP contribution < -0.4 is 5.73 Å². The molecule has 0 aliphatic carbocycles. The fourth-order valence-electron chi connectivity index (χ4n) is 1.43. The quantitative estimate of drug-likeness (QED) is 0.812. The fraction of sp³-hybridized carbons (Fsp3) is 0.100. The van der Waals surface area contributed by atoms with E-state index in [0.29, 0.717) is 5.56 Å². The van der Waals surface area contributed by atoms with Crippen molar-refractivity contribution in [3.05, 3.63) is 45.5 Å². The zero-order valence-corrected chi connectivity index (χ0v) is 9.42. The summed E-state index contributed by atoms with van der Waals surface area (Å²) in [5, 5.41) is 9.84. The first kappa shape index (κ1) is 11.1. The molecule has 1 aliphatic heterocycles. The molecule has 1 aromatic carbocycles. The average molecular weight is 260 g/mol. The van der Waals surface area contributed by atoms with E-state index in [2.05, 4.69) is 0 Å². The van der Waals surface area contributed by atoms with Gasteiger partial charge in [0, 0.05) is 15.6 Å². The van der Waals surface area contributed by atoms with Gasteiger partial charge in [0.15, 0.2) is 6.10 Å². The predicted molar refractivity (Wildman–Crippen MR) is 59.1 cm³/mol. The van der Waals surface area contributed by atoms with Crippen molar-refractivity contribution < 1.29 is 14.6 Å². The van der Waals surface area contributed by atoms with E-state index < -0.39 is 17.6 Å². The minimum Gasteiger partial charge on any atom is -0.501 e. The Hall–Kier alpha value is -1.39. The third-order valence-electron chi connectivity index (χ3n) is 2.21. The van der Waals surface area contributed by atoms with Crippen LogP contribution in [-0.4, -0.2) is 10.9 Å². The summed E-state index contributed by atoms with van der Waals surface area (Å²) in [6, 6.07) is 4.79. The molecular formula is C10H7Cl2NO3. The molecule has 1 aliphatic rings. The standard InChI is InChI=1S/C10H7Cl2NO3/c11-4-2-1-3-5(12)6(4)9-7(14)8(15)10(13)16-9/h1-3,9,15H,13H2. The number of ether oxygens (including phenoxy) is 1. The summed E-state index contributed by atoms with van der Waals surface area (Å²) in [5.74, 6) is -1.56. The molecule has 1 aromatic rings. The first-order valence-electron chi connectivity index (χ1n) is 4.36. The van der Waals surface area contributed by atoms with E-state index in [1.165, 1.54) is 0 Å². The lowest BCUT2D eigenvalue weighted by Gasteiger charge is -2.13. The maximum atomic E-state index is 11.6. The molecule has 0 saturated heterocycles. The number of halogens is 2. The van der Waals surface area contributed by atoms with Crippen molar-refractivity contribution in [1.29, 1.82) is 0 Å². The molecule has 6 heteroatoms. The van der Waals surface area contributed by atoms with Crippen molar-refractivity contribution in [2.45, 2.75) is 6.10 Å². The Morgan fingerprint density at radius 3 is 2.31 bits per heavy atom. The van der Waals surface area contributed by atoms with Gasteiger partial charge in [-0.15, -0.1) is 0 Å². The molecule has 2 rings (SSSR count). The van der Waals surface area contributed by atoms with Gasteiger partial charge in [-0.25, -0.2) is 0 Å². The Balaban J connectivity index is 2.46. The van der Waals surface area contributed by atoms with E-state index in [9.17, 15) is 9.90 Å². The van der Waals surface area contributed by atoms with E-state index in [0.717, 1.165) is 0 Å². The topological polar surface area (TPSA) is 72.5 Å². The maximum absolute atomic E-state index is 11.6. The highest BCUT2D eigenvalue weighted by atomic mass is 35.5. The largest absolute Gasteiger partial charge is 0.501 e. The Morgan fingerprint density at radius 1 is 1.31 bits per heavy atom. The summed E-state index contributed by atoms with van der Waals surface area (Å²) < 4.78 is 5.02. The molecule has 16 heavy (non-hydrogen) atoms. The number of nitrogens with two attached hydrogens (primary N) is 1. The van der Waals surface area contributed by atoms with Crippen molar-refractivity contribution in [2.24, 2.45) is 5.73 Å². The molecule has 0 radical (unpaired) electrons. The average Bonchev–Trinajstić information content (AvgIpc) is 2.47. The molecule has 3 N–H and O–H groups in total. The maximum Gasteiger partial charge on any atom is 0.247 e. The number of ketones is 1. The molecule has 0 saturated carbocycles. The SMILES string of the molecule is NC1=C(O)C(=O)C(c2c(Cl)cccc2Cl)O1. The van der Waals surface area contributed by atoms with Crippen molar-refractivity contribution in [3.63, 3.8) is 0 Å². The monoisotopic (exact) mass is 259 g/mol. The van der Waals surface area contributed by atoms with Crippen molar-refractivity contribution >= 4 is 29.0 Å². The number of hydrogen-bond acceptors (Lipinski definition) is 4. The van der Waals surface area contributed by atoms with E-state index >= 15 is 0 Å². The summed E-state index contributed by atoms with van der Waals surface area (Å²) in [6.45, 7) is 0. The summed E-state index contributed by atoms with van der Waals surface area (Å²) in [7, 11) is 0. The number of carbonyl (C=O) groups is 1. The van der Waals surface area contributed by atoms with Gasteiger partial charge in [-0.2, -0.15) is 0 Å². The number of rotatable bonds is 1. The zero-order valence-electron chi connectivity index (χ0n) is 7.91. The number of hydrogen-bond donors (Lipinski definition) is 2. The van der Waals surface area contributed by atoms with Gasteiger partial charge < -0.3 is 15.6 Å². The summed E-state index contributed by atoms with van der Waals surface area (Å²) >= 11 is 11.8. The Labute approximate surface area is 101 Å². The lowest BCUT2D eigenvalue weighted by Crippen LogP contribution is -2.11. The second-order valence-electron chi connectivity index (χ2n) is 3.21. The molecule has 84 valence electrons. The number of aliphatic hydroxyl groups excluding tert-OH is 1. The van der Waals surface area contributed by atoms with Gasteiger partial charge in [0.1, 0.15) is 0 Å². The molecule has 1 heterocycles. The number of carbonyl (C=O) groups excluding carboxylic acids is 1. The van der Waals surface area contributed by atoms with Crippen LogP contribution in [0.5, 0.6) is 0 Å². The van der Waals surface area contributed by atoms with Crippen molar-refractivity contribution in [1.82, 2.24) is 0 Å². The summed E-state index contributed by atoms with van der Waals surface area (Å²) in [5.41, 5.74) is 5.61. The molecule has 0 aromatic heterocycles. The van der Waals surface area contributed by atoms with Crippen molar-refractivity contribution in [3.8, 4) is 0 Å². The lowest BCUT2D eigenvalue weighted by atomic mass is 10.1. The highest BCUT2D eigenvalue weighted by Crippen LogP contribution is 2.37. The Kier molecular flexibility index (Phi) is 2.69. The van der Waals surface area contributed by atoms with Gasteiger partial charge in [0.2, 0.25) is 17.4 Å².